The zero-order chi connectivity index (χ0) is 17.1. The molecule has 128 valence electrons. The summed E-state index contributed by atoms with van der Waals surface area (Å²) in [5.41, 5.74) is 3.31. The lowest BCUT2D eigenvalue weighted by Crippen LogP contribution is -2.41. The van der Waals surface area contributed by atoms with Crippen molar-refractivity contribution >= 4 is 10.8 Å². The predicted molar refractivity (Wildman–Crippen MR) is 107 cm³/mol. The molecule has 1 aliphatic heterocycles. The topological polar surface area (TPSA) is 3.24 Å². The lowest BCUT2D eigenvalue weighted by atomic mass is 9.70. The fourth-order valence-corrected chi connectivity index (χ4v) is 4.35. The summed E-state index contributed by atoms with van der Waals surface area (Å²) in [5.74, 6) is 0. The van der Waals surface area contributed by atoms with Gasteiger partial charge in [-0.1, -0.05) is 79.7 Å². The molecule has 1 heterocycles. The van der Waals surface area contributed by atoms with Crippen LogP contribution in [0.15, 0.2) is 72.8 Å². The molecule has 0 radical (unpaired) electrons. The monoisotopic (exact) mass is 329 g/mol. The number of nitrogens with zero attached hydrogens (tertiary/aromatic N) is 1. The van der Waals surface area contributed by atoms with Crippen molar-refractivity contribution < 1.29 is 0 Å². The van der Waals surface area contributed by atoms with E-state index < -0.39 is 0 Å². The van der Waals surface area contributed by atoms with Crippen molar-refractivity contribution in [3.8, 4) is 0 Å². The molecule has 0 saturated carbocycles. The predicted octanol–water partition coefficient (Wildman–Crippen LogP) is 5.78. The van der Waals surface area contributed by atoms with E-state index in [-0.39, 0.29) is 0 Å². The van der Waals surface area contributed by atoms with Gasteiger partial charge in [0.15, 0.2) is 0 Å². The average Bonchev–Trinajstić information content (AvgIpc) is 2.69. The van der Waals surface area contributed by atoms with Gasteiger partial charge in [-0.05, 0) is 59.7 Å². The first-order valence-corrected chi connectivity index (χ1v) is 9.55. The number of hydrogen-bond acceptors (Lipinski definition) is 1. The molecular formula is C24H27N. The van der Waals surface area contributed by atoms with Gasteiger partial charge in [-0.3, -0.25) is 4.90 Å². The van der Waals surface area contributed by atoms with Gasteiger partial charge in [0.05, 0.1) is 0 Å². The summed E-state index contributed by atoms with van der Waals surface area (Å²) in [6.07, 6.45) is 3.74. The largest absolute Gasteiger partial charge is 0.299 e. The highest BCUT2D eigenvalue weighted by Crippen LogP contribution is 2.39. The number of fused-ring (bicyclic) bond motifs is 1. The molecule has 0 spiro atoms. The van der Waals surface area contributed by atoms with Gasteiger partial charge in [-0.15, -0.1) is 0 Å². The normalized spacial score (nSPS) is 17.6. The second-order valence-corrected chi connectivity index (χ2v) is 7.46. The van der Waals surface area contributed by atoms with Crippen LogP contribution in [0.25, 0.3) is 10.8 Å². The Bertz CT molecular complexity index is 829. The molecule has 3 aromatic rings. The van der Waals surface area contributed by atoms with Crippen molar-refractivity contribution in [1.29, 1.82) is 0 Å². The van der Waals surface area contributed by atoms with E-state index in [0.29, 0.717) is 5.41 Å². The summed E-state index contributed by atoms with van der Waals surface area (Å²) in [6, 6.07) is 26.7. The minimum Gasteiger partial charge on any atom is -0.299 e. The van der Waals surface area contributed by atoms with E-state index in [2.05, 4.69) is 84.6 Å². The molecule has 0 aromatic heterocycles. The molecule has 1 fully saturated rings. The second-order valence-electron chi connectivity index (χ2n) is 7.46. The van der Waals surface area contributed by atoms with Crippen molar-refractivity contribution in [3.05, 3.63) is 83.9 Å². The maximum atomic E-state index is 2.62. The smallest absolute Gasteiger partial charge is 0.0233 e. The van der Waals surface area contributed by atoms with Crippen molar-refractivity contribution in [1.82, 2.24) is 4.90 Å². The Labute approximate surface area is 151 Å². The van der Waals surface area contributed by atoms with E-state index in [1.54, 1.807) is 0 Å². The number of hydrogen-bond donors (Lipinski definition) is 0. The van der Waals surface area contributed by atoms with Crippen LogP contribution in [0, 0.1) is 0 Å². The molecule has 1 saturated heterocycles. The van der Waals surface area contributed by atoms with E-state index in [9.17, 15) is 0 Å². The van der Waals surface area contributed by atoms with Crippen LogP contribution in [0.5, 0.6) is 0 Å². The molecule has 1 heteroatoms. The number of likely N-dealkylation sites (tertiary alicyclic amines) is 1. The lowest BCUT2D eigenvalue weighted by molar-refractivity contribution is 0.149. The minimum absolute atomic E-state index is 0.344. The van der Waals surface area contributed by atoms with Crippen molar-refractivity contribution in [3.63, 3.8) is 0 Å². The third kappa shape index (κ3) is 3.34. The Morgan fingerprint density at radius 2 is 1.48 bits per heavy atom. The average molecular weight is 329 g/mol. The maximum absolute atomic E-state index is 2.62. The number of rotatable bonds is 4. The molecule has 0 unspecified atom stereocenters. The van der Waals surface area contributed by atoms with Crippen LogP contribution in [0.4, 0.5) is 0 Å². The van der Waals surface area contributed by atoms with Crippen LogP contribution >= 0.6 is 0 Å². The zero-order valence-electron chi connectivity index (χ0n) is 15.1. The summed E-state index contributed by atoms with van der Waals surface area (Å²) in [4.78, 5) is 2.62. The van der Waals surface area contributed by atoms with E-state index in [1.165, 1.54) is 54.3 Å². The molecule has 0 aliphatic carbocycles. The SMILES string of the molecule is CCC1(c2ccc3ccccc3c2)CCN(Cc2ccccc2)CC1. The third-order valence-corrected chi connectivity index (χ3v) is 6.10. The Balaban J connectivity index is 1.52. The summed E-state index contributed by atoms with van der Waals surface area (Å²) >= 11 is 0. The van der Waals surface area contributed by atoms with Crippen molar-refractivity contribution in [2.45, 2.75) is 38.1 Å². The van der Waals surface area contributed by atoms with E-state index in [1.807, 2.05) is 0 Å². The number of benzene rings is 3. The highest BCUT2D eigenvalue weighted by molar-refractivity contribution is 5.83. The van der Waals surface area contributed by atoms with Crippen LogP contribution in [0.2, 0.25) is 0 Å². The van der Waals surface area contributed by atoms with Crippen molar-refractivity contribution in [2.24, 2.45) is 0 Å². The Morgan fingerprint density at radius 3 is 2.20 bits per heavy atom. The first kappa shape index (κ1) is 16.4. The molecule has 0 amide bonds. The fraction of sp³-hybridized carbons (Fsp3) is 0.333. The molecule has 1 nitrogen and oxygen atoms in total. The van der Waals surface area contributed by atoms with Gasteiger partial charge < -0.3 is 0 Å². The molecule has 25 heavy (non-hydrogen) atoms. The van der Waals surface area contributed by atoms with Gasteiger partial charge in [0, 0.05) is 6.54 Å². The first-order chi connectivity index (χ1) is 12.3. The van der Waals surface area contributed by atoms with Gasteiger partial charge in [-0.25, -0.2) is 0 Å². The quantitative estimate of drug-likeness (QED) is 0.586. The van der Waals surface area contributed by atoms with Crippen LogP contribution in [0.1, 0.15) is 37.3 Å². The molecule has 0 N–H and O–H groups in total. The molecule has 4 rings (SSSR count). The van der Waals surface area contributed by atoms with Crippen LogP contribution in [0.3, 0.4) is 0 Å². The number of piperidine rings is 1. The molecular weight excluding hydrogens is 302 g/mol. The minimum atomic E-state index is 0.344. The van der Waals surface area contributed by atoms with Crippen LogP contribution < -0.4 is 0 Å². The third-order valence-electron chi connectivity index (χ3n) is 6.10. The molecule has 1 aliphatic rings. The Morgan fingerprint density at radius 1 is 0.800 bits per heavy atom. The van der Waals surface area contributed by atoms with E-state index in [4.69, 9.17) is 0 Å². The summed E-state index contributed by atoms with van der Waals surface area (Å²) < 4.78 is 0. The summed E-state index contributed by atoms with van der Waals surface area (Å²) in [6.45, 7) is 5.82. The Hall–Kier alpha value is -2.12. The fourth-order valence-electron chi connectivity index (χ4n) is 4.35. The zero-order valence-corrected chi connectivity index (χ0v) is 15.1. The van der Waals surface area contributed by atoms with Gasteiger partial charge in [0.2, 0.25) is 0 Å². The standard InChI is InChI=1S/C24H27N/c1-2-24(23-13-12-21-10-6-7-11-22(21)18-23)14-16-25(17-15-24)19-20-8-4-3-5-9-20/h3-13,18H,2,14-17,19H2,1H3. The highest BCUT2D eigenvalue weighted by Gasteiger charge is 2.34. The van der Waals surface area contributed by atoms with Crippen LogP contribution in [-0.2, 0) is 12.0 Å². The van der Waals surface area contributed by atoms with Gasteiger partial charge in [0.1, 0.15) is 0 Å². The highest BCUT2D eigenvalue weighted by atomic mass is 15.1. The van der Waals surface area contributed by atoms with E-state index >= 15 is 0 Å². The van der Waals surface area contributed by atoms with Gasteiger partial charge >= 0.3 is 0 Å². The summed E-state index contributed by atoms with van der Waals surface area (Å²) in [5, 5.41) is 2.72. The van der Waals surface area contributed by atoms with Crippen molar-refractivity contribution in [2.75, 3.05) is 13.1 Å². The first-order valence-electron chi connectivity index (χ1n) is 9.55. The van der Waals surface area contributed by atoms with Crippen LogP contribution in [-0.4, -0.2) is 18.0 Å². The van der Waals surface area contributed by atoms with E-state index in [0.717, 1.165) is 6.54 Å². The molecule has 0 bridgehead atoms. The Kier molecular flexibility index (Phi) is 4.59. The molecule has 3 aromatic carbocycles. The summed E-state index contributed by atoms with van der Waals surface area (Å²) in [7, 11) is 0. The lowest BCUT2D eigenvalue weighted by Gasteiger charge is -2.42. The second kappa shape index (κ2) is 7.01. The maximum Gasteiger partial charge on any atom is 0.0233 e. The van der Waals surface area contributed by atoms with Gasteiger partial charge in [-0.2, -0.15) is 0 Å². The van der Waals surface area contributed by atoms with Gasteiger partial charge in [0.25, 0.3) is 0 Å². The molecule has 0 atom stereocenters.